The van der Waals surface area contributed by atoms with E-state index in [1.807, 2.05) is 18.2 Å². The molecule has 2 amide bonds. The summed E-state index contributed by atoms with van der Waals surface area (Å²) in [5.41, 5.74) is 7.14. The Morgan fingerprint density at radius 1 is 0.935 bits per heavy atom. The predicted molar refractivity (Wildman–Crippen MR) is 173 cm³/mol. The van der Waals surface area contributed by atoms with Gasteiger partial charge in [-0.15, -0.1) is 11.8 Å². The second-order valence-electron chi connectivity index (χ2n) is 9.75. The second kappa shape index (κ2) is 15.3. The number of carbonyl (C=O) groups excluding carboxylic acids is 2. The summed E-state index contributed by atoms with van der Waals surface area (Å²) in [6.45, 7) is 0. The maximum Gasteiger partial charge on any atom is 0.416 e. The molecule has 4 rings (SSSR count). The van der Waals surface area contributed by atoms with Gasteiger partial charge in [0.15, 0.2) is 0 Å². The first-order chi connectivity index (χ1) is 21.9. The lowest BCUT2D eigenvalue weighted by molar-refractivity contribution is -0.138. The fraction of sp³-hybridized carbons (Fsp3) is 0.0909. The largest absolute Gasteiger partial charge is 0.481 e. The first-order valence-electron chi connectivity index (χ1n) is 13.5. The number of rotatable bonds is 11. The Hall–Kier alpha value is -5.07. The Morgan fingerprint density at radius 3 is 2.43 bits per heavy atom. The fourth-order valence-electron chi connectivity index (χ4n) is 4.11. The van der Waals surface area contributed by atoms with Crippen LogP contribution in [0, 0.1) is 0 Å². The van der Waals surface area contributed by atoms with Gasteiger partial charge in [-0.3, -0.25) is 14.4 Å². The Morgan fingerprint density at radius 2 is 1.67 bits per heavy atom. The van der Waals surface area contributed by atoms with Gasteiger partial charge in [0.2, 0.25) is 0 Å². The van der Waals surface area contributed by atoms with Crippen molar-refractivity contribution in [2.75, 3.05) is 10.6 Å². The third kappa shape index (κ3) is 9.98. The zero-order chi connectivity index (χ0) is 33.3. The van der Waals surface area contributed by atoms with Gasteiger partial charge in [-0.05, 0) is 77.9 Å². The molecule has 0 radical (unpaired) electrons. The van der Waals surface area contributed by atoms with Crippen molar-refractivity contribution in [2.24, 2.45) is 10.7 Å². The number of aliphatic imine (C=N–C) groups is 1. The van der Waals surface area contributed by atoms with E-state index >= 15 is 0 Å². The van der Waals surface area contributed by atoms with Crippen LogP contribution in [-0.2, 0) is 23.1 Å². The standard InChI is InChI=1S/C33H26ClF3N4O4S/c34-24-10-11-28(27(18-24)32(45)41-29(38)12-13-39-25-8-3-7-23(17-25)33(35,36)37)40-31(44)22-6-1-5-21(14-22)19-46-26-9-2-4-20(15-26)16-30(42)43/h1-15,17-18,39H,16,19H2,(H,40,44)(H,42,43)(H2,38,41,45)/b13-12-. The molecule has 0 atom stereocenters. The second-order valence-corrected chi connectivity index (χ2v) is 11.2. The van der Waals surface area contributed by atoms with Crippen molar-refractivity contribution < 1.29 is 32.7 Å². The minimum Gasteiger partial charge on any atom is -0.481 e. The average molecular weight is 667 g/mol. The van der Waals surface area contributed by atoms with Crippen molar-refractivity contribution in [1.29, 1.82) is 0 Å². The number of benzene rings is 4. The van der Waals surface area contributed by atoms with Gasteiger partial charge in [-0.1, -0.05) is 41.9 Å². The molecule has 0 unspecified atom stereocenters. The highest BCUT2D eigenvalue weighted by atomic mass is 35.5. The smallest absolute Gasteiger partial charge is 0.416 e. The number of anilines is 2. The third-order valence-electron chi connectivity index (χ3n) is 6.23. The van der Waals surface area contributed by atoms with E-state index in [0.29, 0.717) is 16.9 Å². The van der Waals surface area contributed by atoms with Gasteiger partial charge in [0.1, 0.15) is 5.84 Å². The summed E-state index contributed by atoms with van der Waals surface area (Å²) in [6.07, 6.45) is -2.14. The van der Waals surface area contributed by atoms with Crippen LogP contribution in [0.25, 0.3) is 0 Å². The molecule has 8 nitrogen and oxygen atoms in total. The van der Waals surface area contributed by atoms with Crippen LogP contribution in [-0.4, -0.2) is 28.7 Å². The molecule has 0 aliphatic carbocycles. The molecule has 0 heterocycles. The Labute approximate surface area is 271 Å². The molecule has 4 aromatic rings. The van der Waals surface area contributed by atoms with Gasteiger partial charge in [-0.2, -0.15) is 18.2 Å². The molecular weight excluding hydrogens is 641 g/mol. The number of halogens is 4. The van der Waals surface area contributed by atoms with Crippen LogP contribution in [0.1, 0.15) is 37.4 Å². The summed E-state index contributed by atoms with van der Waals surface area (Å²) in [5.74, 6) is -1.95. The molecule has 4 aromatic carbocycles. The SMILES string of the molecule is NC(/C=C\Nc1cccc(C(F)(F)F)c1)=NC(=O)c1cc(Cl)ccc1NC(=O)c1cccc(CSc2cccc(CC(=O)O)c2)c1. The number of hydrogen-bond donors (Lipinski definition) is 4. The van der Waals surface area contributed by atoms with Crippen molar-refractivity contribution in [3.63, 3.8) is 0 Å². The molecule has 5 N–H and O–H groups in total. The van der Waals surface area contributed by atoms with Crippen molar-refractivity contribution in [1.82, 2.24) is 0 Å². The molecule has 236 valence electrons. The Balaban J connectivity index is 1.42. The van der Waals surface area contributed by atoms with Crippen LogP contribution in [0.5, 0.6) is 0 Å². The molecule has 46 heavy (non-hydrogen) atoms. The minimum atomic E-state index is -4.50. The van der Waals surface area contributed by atoms with Crippen molar-refractivity contribution in [3.05, 3.63) is 136 Å². The van der Waals surface area contributed by atoms with Crippen molar-refractivity contribution >= 4 is 58.4 Å². The zero-order valence-electron chi connectivity index (χ0n) is 23.8. The number of amidine groups is 1. The van der Waals surface area contributed by atoms with Crippen LogP contribution in [0.4, 0.5) is 24.5 Å². The van der Waals surface area contributed by atoms with E-state index in [2.05, 4.69) is 15.6 Å². The number of amides is 2. The maximum absolute atomic E-state index is 13.2. The quantitative estimate of drug-likeness (QED) is 0.0734. The van der Waals surface area contributed by atoms with E-state index in [-0.39, 0.29) is 34.2 Å². The lowest BCUT2D eigenvalue weighted by atomic mass is 10.1. The van der Waals surface area contributed by atoms with E-state index in [9.17, 15) is 27.6 Å². The summed E-state index contributed by atoms with van der Waals surface area (Å²) >= 11 is 7.60. The molecule has 0 aromatic heterocycles. The normalized spacial score (nSPS) is 11.8. The number of alkyl halides is 3. The number of aliphatic carboxylic acids is 1. The van der Waals surface area contributed by atoms with Gasteiger partial charge < -0.3 is 21.5 Å². The van der Waals surface area contributed by atoms with Crippen molar-refractivity contribution in [2.45, 2.75) is 23.2 Å². The number of carbonyl (C=O) groups is 3. The van der Waals surface area contributed by atoms with Crippen LogP contribution in [0.3, 0.4) is 0 Å². The predicted octanol–water partition coefficient (Wildman–Crippen LogP) is 7.65. The number of carboxylic acids is 1. The van der Waals surface area contributed by atoms with Crippen LogP contribution in [0.2, 0.25) is 5.02 Å². The van der Waals surface area contributed by atoms with Gasteiger partial charge >= 0.3 is 12.1 Å². The topological polar surface area (TPSA) is 134 Å². The summed E-state index contributed by atoms with van der Waals surface area (Å²) in [6, 6.07) is 22.9. The van der Waals surface area contributed by atoms with E-state index in [4.69, 9.17) is 22.4 Å². The van der Waals surface area contributed by atoms with Crippen LogP contribution in [0.15, 0.2) is 113 Å². The fourth-order valence-corrected chi connectivity index (χ4v) is 5.20. The average Bonchev–Trinajstić information content (AvgIpc) is 3.00. The Bertz CT molecular complexity index is 1830. The van der Waals surface area contributed by atoms with Crippen LogP contribution < -0.4 is 16.4 Å². The number of carboxylic acid groups (broad SMARTS) is 1. The lowest BCUT2D eigenvalue weighted by Gasteiger charge is -2.11. The van der Waals surface area contributed by atoms with Crippen LogP contribution >= 0.6 is 23.4 Å². The molecule has 0 aliphatic heterocycles. The van der Waals surface area contributed by atoms with E-state index in [1.54, 1.807) is 30.3 Å². The van der Waals surface area contributed by atoms with Gasteiger partial charge in [-0.25, -0.2) is 0 Å². The number of nitrogens with zero attached hydrogens (tertiary/aromatic N) is 1. The van der Waals surface area contributed by atoms with E-state index in [0.717, 1.165) is 22.6 Å². The number of nitrogens with one attached hydrogen (secondary N) is 2. The highest BCUT2D eigenvalue weighted by Crippen LogP contribution is 2.31. The van der Waals surface area contributed by atoms with Gasteiger partial charge in [0.25, 0.3) is 11.8 Å². The lowest BCUT2D eigenvalue weighted by Crippen LogP contribution is -2.16. The highest BCUT2D eigenvalue weighted by Gasteiger charge is 2.30. The third-order valence-corrected chi connectivity index (χ3v) is 7.53. The first-order valence-corrected chi connectivity index (χ1v) is 14.9. The first kappa shape index (κ1) is 33.8. The molecule has 0 aliphatic rings. The maximum atomic E-state index is 13.2. The molecular formula is C33H26ClF3N4O4S. The van der Waals surface area contributed by atoms with Gasteiger partial charge in [0.05, 0.1) is 23.2 Å². The summed E-state index contributed by atoms with van der Waals surface area (Å²) in [4.78, 5) is 41.9. The Kier molecular flexibility index (Phi) is 11.2. The van der Waals surface area contributed by atoms with Crippen molar-refractivity contribution in [3.8, 4) is 0 Å². The van der Waals surface area contributed by atoms with E-state index in [1.165, 1.54) is 54.4 Å². The monoisotopic (exact) mass is 666 g/mol. The minimum absolute atomic E-state index is 0.0315. The molecule has 0 saturated heterocycles. The zero-order valence-corrected chi connectivity index (χ0v) is 25.4. The van der Waals surface area contributed by atoms with E-state index < -0.39 is 29.5 Å². The molecule has 0 fully saturated rings. The summed E-state index contributed by atoms with van der Waals surface area (Å²) in [7, 11) is 0. The van der Waals surface area contributed by atoms with Gasteiger partial charge in [0, 0.05) is 33.1 Å². The molecule has 13 heteroatoms. The summed E-state index contributed by atoms with van der Waals surface area (Å²) < 4.78 is 38.8. The molecule has 0 bridgehead atoms. The number of hydrogen-bond acceptors (Lipinski definition) is 5. The molecule has 0 saturated carbocycles. The summed E-state index contributed by atoms with van der Waals surface area (Å²) in [5, 5.41) is 14.6. The molecule has 0 spiro atoms. The highest BCUT2D eigenvalue weighted by molar-refractivity contribution is 7.98. The number of thioether (sulfide) groups is 1. The number of nitrogens with two attached hydrogens (primary N) is 1.